The maximum atomic E-state index is 12.8. The second-order valence-corrected chi connectivity index (χ2v) is 7.66. The van der Waals surface area contributed by atoms with Crippen LogP contribution in [0.5, 0.6) is 5.88 Å². The van der Waals surface area contributed by atoms with Gasteiger partial charge in [-0.1, -0.05) is 13.8 Å². The Balaban J connectivity index is 1.68. The van der Waals surface area contributed by atoms with E-state index >= 15 is 0 Å². The smallest absolute Gasteiger partial charge is 0.417 e. The summed E-state index contributed by atoms with van der Waals surface area (Å²) in [4.78, 5) is 14.9. The molecule has 1 N–H and O–H groups in total. The van der Waals surface area contributed by atoms with E-state index in [4.69, 9.17) is 9.84 Å². The molecular weight excluding hydrogens is 427 g/mol. The molecule has 8 nitrogen and oxygen atoms in total. The number of ether oxygens (including phenoxy) is 1. The molecule has 0 radical (unpaired) electrons. The van der Waals surface area contributed by atoms with Crippen LogP contribution in [0.15, 0.2) is 30.7 Å². The van der Waals surface area contributed by atoms with Crippen LogP contribution in [-0.2, 0) is 30.9 Å². The number of aryl methyl sites for hydroxylation is 2. The molecule has 172 valence electrons. The van der Waals surface area contributed by atoms with Crippen molar-refractivity contribution < 1.29 is 27.8 Å². The normalized spacial score (nSPS) is 11.8. The first-order valence-corrected chi connectivity index (χ1v) is 10.0. The molecule has 0 aliphatic rings. The topological polar surface area (TPSA) is 95.1 Å². The van der Waals surface area contributed by atoms with Gasteiger partial charge in [-0.3, -0.25) is 4.79 Å². The molecule has 0 spiro atoms. The lowest BCUT2D eigenvalue weighted by Crippen LogP contribution is -2.07. The van der Waals surface area contributed by atoms with Gasteiger partial charge in [-0.25, -0.2) is 14.3 Å². The summed E-state index contributed by atoms with van der Waals surface area (Å²) in [6.45, 7) is 4.31. The maximum absolute atomic E-state index is 12.8. The van der Waals surface area contributed by atoms with Crippen molar-refractivity contribution in [1.29, 1.82) is 0 Å². The summed E-state index contributed by atoms with van der Waals surface area (Å²) >= 11 is 0. The second kappa shape index (κ2) is 9.41. The third-order valence-corrected chi connectivity index (χ3v) is 4.81. The van der Waals surface area contributed by atoms with Gasteiger partial charge in [0.1, 0.15) is 0 Å². The quantitative estimate of drug-likeness (QED) is 0.498. The zero-order valence-electron chi connectivity index (χ0n) is 17.9. The number of pyridine rings is 1. The molecule has 0 aliphatic carbocycles. The van der Waals surface area contributed by atoms with E-state index in [1.54, 1.807) is 13.2 Å². The van der Waals surface area contributed by atoms with Crippen molar-refractivity contribution in [3.05, 3.63) is 53.1 Å². The van der Waals surface area contributed by atoms with Gasteiger partial charge in [0.25, 0.3) is 0 Å². The van der Waals surface area contributed by atoms with E-state index in [0.717, 1.165) is 23.5 Å². The van der Waals surface area contributed by atoms with E-state index in [-0.39, 0.29) is 12.3 Å². The van der Waals surface area contributed by atoms with Crippen LogP contribution in [0, 0.1) is 0 Å². The number of carboxylic acid groups (broad SMARTS) is 1. The lowest BCUT2D eigenvalue weighted by Gasteiger charge is -2.09. The van der Waals surface area contributed by atoms with E-state index in [9.17, 15) is 18.0 Å². The number of carboxylic acids is 1. The lowest BCUT2D eigenvalue weighted by molar-refractivity contribution is -0.138. The molecule has 0 aliphatic heterocycles. The predicted octanol–water partition coefficient (Wildman–Crippen LogP) is 3.78. The summed E-state index contributed by atoms with van der Waals surface area (Å²) in [6, 6.07) is 2.27. The Kier molecular flexibility index (Phi) is 6.85. The van der Waals surface area contributed by atoms with Gasteiger partial charge in [-0.2, -0.15) is 23.4 Å². The van der Waals surface area contributed by atoms with Gasteiger partial charge in [0.05, 0.1) is 30.5 Å². The van der Waals surface area contributed by atoms with E-state index in [1.807, 2.05) is 13.8 Å². The molecule has 0 unspecified atom stereocenters. The van der Waals surface area contributed by atoms with Crippen molar-refractivity contribution in [3.8, 4) is 11.7 Å². The highest BCUT2D eigenvalue weighted by Crippen LogP contribution is 2.29. The molecule has 3 aromatic heterocycles. The van der Waals surface area contributed by atoms with Gasteiger partial charge in [-0.15, -0.1) is 0 Å². The second-order valence-electron chi connectivity index (χ2n) is 7.66. The average molecular weight is 451 g/mol. The molecule has 3 rings (SSSR count). The van der Waals surface area contributed by atoms with Crippen LogP contribution in [0.3, 0.4) is 0 Å². The zero-order valence-corrected chi connectivity index (χ0v) is 17.9. The largest absolute Gasteiger partial charge is 0.481 e. The molecule has 0 atom stereocenters. The number of halogens is 3. The van der Waals surface area contributed by atoms with Crippen LogP contribution in [0.2, 0.25) is 0 Å². The Hall–Kier alpha value is -3.37. The highest BCUT2D eigenvalue weighted by molar-refractivity contribution is 5.70. The van der Waals surface area contributed by atoms with E-state index in [2.05, 4.69) is 15.2 Å². The van der Waals surface area contributed by atoms with Crippen LogP contribution in [0.1, 0.15) is 48.6 Å². The molecule has 3 heterocycles. The molecule has 0 saturated heterocycles. The summed E-state index contributed by atoms with van der Waals surface area (Å²) in [6.07, 6.45) is 0.675. The minimum Gasteiger partial charge on any atom is -0.481 e. The van der Waals surface area contributed by atoms with Crippen LogP contribution in [0.25, 0.3) is 5.82 Å². The zero-order chi connectivity index (χ0) is 23.5. The molecular formula is C21H24F3N5O3. The van der Waals surface area contributed by atoms with Crippen LogP contribution < -0.4 is 4.74 Å². The number of carbonyl (C=O) groups is 1. The average Bonchev–Trinajstić information content (AvgIpc) is 3.29. The van der Waals surface area contributed by atoms with E-state index < -0.39 is 17.7 Å². The number of nitrogens with zero attached hydrogens (tertiary/aromatic N) is 5. The first kappa shape index (κ1) is 23.3. The summed E-state index contributed by atoms with van der Waals surface area (Å²) < 4.78 is 47.1. The fourth-order valence-corrected chi connectivity index (χ4v) is 3.28. The third-order valence-electron chi connectivity index (χ3n) is 4.81. The fraction of sp³-hybridized carbons (Fsp3) is 0.429. The summed E-state index contributed by atoms with van der Waals surface area (Å²) in [5, 5.41) is 17.5. The Morgan fingerprint density at radius 1 is 1.22 bits per heavy atom. The maximum Gasteiger partial charge on any atom is 0.417 e. The Labute approximate surface area is 182 Å². The molecule has 0 saturated carbocycles. The summed E-state index contributed by atoms with van der Waals surface area (Å²) in [7, 11) is 1.68. The van der Waals surface area contributed by atoms with Crippen LogP contribution in [-0.4, -0.2) is 42.2 Å². The van der Waals surface area contributed by atoms with Crippen molar-refractivity contribution in [2.75, 3.05) is 6.61 Å². The minimum atomic E-state index is -4.44. The molecule has 0 bridgehead atoms. The third kappa shape index (κ3) is 5.45. The van der Waals surface area contributed by atoms with Gasteiger partial charge in [0, 0.05) is 25.0 Å². The monoisotopic (exact) mass is 451 g/mol. The van der Waals surface area contributed by atoms with Gasteiger partial charge < -0.3 is 9.84 Å². The Bertz CT molecular complexity index is 1070. The predicted molar refractivity (Wildman–Crippen MR) is 109 cm³/mol. The molecule has 0 amide bonds. The molecule has 0 aromatic carbocycles. The Morgan fingerprint density at radius 2 is 1.97 bits per heavy atom. The number of alkyl halides is 3. The van der Waals surface area contributed by atoms with E-state index in [0.29, 0.717) is 36.7 Å². The van der Waals surface area contributed by atoms with E-state index in [1.165, 1.54) is 21.6 Å². The van der Waals surface area contributed by atoms with Crippen molar-refractivity contribution in [2.45, 2.75) is 45.2 Å². The summed E-state index contributed by atoms with van der Waals surface area (Å²) in [5.41, 5.74) is 1.47. The van der Waals surface area contributed by atoms with Gasteiger partial charge in [0.15, 0.2) is 5.82 Å². The number of aromatic nitrogens is 5. The SMILES string of the molecule is CC(C)c1nn(-c2ccc(C(F)(F)F)cn2)cc1CCCOc1c(CC(=O)O)cnn1C. The lowest BCUT2D eigenvalue weighted by atomic mass is 10.0. The molecule has 32 heavy (non-hydrogen) atoms. The van der Waals surface area contributed by atoms with Gasteiger partial charge in [0.2, 0.25) is 5.88 Å². The molecule has 11 heteroatoms. The highest BCUT2D eigenvalue weighted by Gasteiger charge is 2.30. The van der Waals surface area contributed by atoms with Crippen molar-refractivity contribution in [3.63, 3.8) is 0 Å². The number of hydrogen-bond acceptors (Lipinski definition) is 5. The number of aliphatic carboxylic acids is 1. The van der Waals surface area contributed by atoms with Gasteiger partial charge in [-0.05, 0) is 36.5 Å². The first-order chi connectivity index (χ1) is 15.1. The van der Waals surface area contributed by atoms with Crippen molar-refractivity contribution in [1.82, 2.24) is 24.5 Å². The fourth-order valence-electron chi connectivity index (χ4n) is 3.28. The van der Waals surface area contributed by atoms with Crippen molar-refractivity contribution in [2.24, 2.45) is 7.05 Å². The molecule has 3 aromatic rings. The molecule has 0 fully saturated rings. The number of hydrogen-bond donors (Lipinski definition) is 1. The van der Waals surface area contributed by atoms with Crippen molar-refractivity contribution >= 4 is 5.97 Å². The summed E-state index contributed by atoms with van der Waals surface area (Å²) in [5.74, 6) is -0.133. The first-order valence-electron chi connectivity index (χ1n) is 10.0. The van der Waals surface area contributed by atoms with Crippen LogP contribution >= 0.6 is 0 Å². The minimum absolute atomic E-state index is 0.112. The Morgan fingerprint density at radius 3 is 2.56 bits per heavy atom. The standard InChI is InChI=1S/C21H24F3N5O3/c1-13(2)19-14(5-4-8-32-20-15(9-18(30)31)10-26-28(20)3)12-29(27-19)17-7-6-16(11-25-17)21(22,23)24/h6-7,10-13H,4-5,8-9H2,1-3H3,(H,30,31). The van der Waals surface area contributed by atoms with Crippen LogP contribution in [0.4, 0.5) is 13.2 Å². The van der Waals surface area contributed by atoms with Gasteiger partial charge >= 0.3 is 12.1 Å². The highest BCUT2D eigenvalue weighted by atomic mass is 19.4. The number of rotatable bonds is 9.